The smallest absolute Gasteiger partial charge is 0.193 e. The second-order valence-corrected chi connectivity index (χ2v) is 4.45. The van der Waals surface area contributed by atoms with Crippen molar-refractivity contribution < 1.29 is 4.74 Å². The molecule has 0 spiro atoms. The molecule has 19 heavy (non-hydrogen) atoms. The number of nitrogens with one attached hydrogen (secondary N) is 1. The van der Waals surface area contributed by atoms with Crippen molar-refractivity contribution in [2.45, 2.75) is 20.4 Å². The molecule has 0 atom stereocenters. The Bertz CT molecular complexity index is 404. The Labute approximate surface area is 116 Å². The van der Waals surface area contributed by atoms with Gasteiger partial charge >= 0.3 is 0 Å². The van der Waals surface area contributed by atoms with Crippen molar-refractivity contribution in [3.8, 4) is 0 Å². The first-order valence-electron chi connectivity index (χ1n) is 6.73. The lowest BCUT2D eigenvalue weighted by molar-refractivity contribution is 0.152. The lowest BCUT2D eigenvalue weighted by atomic mass is 10.1. The Kier molecular flexibility index (Phi) is 6.97. The van der Waals surface area contributed by atoms with Gasteiger partial charge in [-0.1, -0.05) is 24.3 Å². The van der Waals surface area contributed by atoms with Crippen molar-refractivity contribution in [2.75, 3.05) is 33.9 Å². The third-order valence-electron chi connectivity index (χ3n) is 2.98. The number of hydrogen-bond donors (Lipinski definition) is 1. The first-order valence-corrected chi connectivity index (χ1v) is 6.73. The minimum absolute atomic E-state index is 0.702. The zero-order valence-corrected chi connectivity index (χ0v) is 12.4. The molecule has 106 valence electrons. The van der Waals surface area contributed by atoms with Crippen LogP contribution in [0.3, 0.4) is 0 Å². The molecule has 0 amide bonds. The van der Waals surface area contributed by atoms with E-state index in [4.69, 9.17) is 4.74 Å². The Hall–Kier alpha value is -1.55. The molecule has 4 heteroatoms. The van der Waals surface area contributed by atoms with Crippen LogP contribution in [0.15, 0.2) is 29.3 Å². The minimum Gasteiger partial charge on any atom is -0.380 e. The molecule has 0 heterocycles. The lowest BCUT2D eigenvalue weighted by Crippen LogP contribution is -2.40. The van der Waals surface area contributed by atoms with Crippen LogP contribution >= 0.6 is 0 Å². The van der Waals surface area contributed by atoms with Crippen LogP contribution in [0.25, 0.3) is 0 Å². The summed E-state index contributed by atoms with van der Waals surface area (Å²) in [5.74, 6) is 0.892. The summed E-state index contributed by atoms with van der Waals surface area (Å²) < 4.78 is 5.31. The normalized spacial score (nSPS) is 11.5. The molecule has 0 aromatic heterocycles. The maximum atomic E-state index is 5.31. The van der Waals surface area contributed by atoms with E-state index in [2.05, 4.69) is 46.4 Å². The van der Waals surface area contributed by atoms with Crippen LogP contribution in [0.5, 0.6) is 0 Å². The van der Waals surface area contributed by atoms with E-state index in [1.807, 2.05) is 14.0 Å². The van der Waals surface area contributed by atoms with E-state index in [0.29, 0.717) is 6.61 Å². The second-order valence-electron chi connectivity index (χ2n) is 4.45. The summed E-state index contributed by atoms with van der Waals surface area (Å²) in [5.41, 5.74) is 2.62. The second kappa shape index (κ2) is 8.53. The number of aryl methyl sites for hydroxylation is 1. The summed E-state index contributed by atoms with van der Waals surface area (Å²) in [6, 6.07) is 8.42. The molecule has 0 radical (unpaired) electrons. The van der Waals surface area contributed by atoms with Crippen LogP contribution in [-0.2, 0) is 11.3 Å². The fourth-order valence-electron chi connectivity index (χ4n) is 1.88. The van der Waals surface area contributed by atoms with Gasteiger partial charge in [-0.2, -0.15) is 0 Å². The number of guanidine groups is 1. The van der Waals surface area contributed by atoms with Gasteiger partial charge in [-0.25, -0.2) is 0 Å². The highest BCUT2D eigenvalue weighted by Crippen LogP contribution is 2.09. The van der Waals surface area contributed by atoms with Crippen LogP contribution in [0.1, 0.15) is 18.1 Å². The topological polar surface area (TPSA) is 36.9 Å². The van der Waals surface area contributed by atoms with Gasteiger partial charge in [0.05, 0.1) is 6.61 Å². The van der Waals surface area contributed by atoms with E-state index in [1.54, 1.807) is 7.05 Å². The van der Waals surface area contributed by atoms with Gasteiger partial charge in [0.2, 0.25) is 0 Å². The number of hydrogen-bond acceptors (Lipinski definition) is 2. The summed E-state index contributed by atoms with van der Waals surface area (Å²) in [7, 11) is 3.85. The first-order chi connectivity index (χ1) is 9.19. The number of ether oxygens (including phenoxy) is 1. The Morgan fingerprint density at radius 2 is 2.11 bits per heavy atom. The summed E-state index contributed by atoms with van der Waals surface area (Å²) in [6.45, 7) is 7.21. The molecule has 0 aliphatic rings. The van der Waals surface area contributed by atoms with Crippen molar-refractivity contribution in [1.82, 2.24) is 10.2 Å². The predicted molar refractivity (Wildman–Crippen MR) is 80.5 cm³/mol. The average Bonchev–Trinajstić information content (AvgIpc) is 2.41. The zero-order valence-electron chi connectivity index (χ0n) is 12.4. The third kappa shape index (κ3) is 5.30. The molecule has 4 nitrogen and oxygen atoms in total. The Morgan fingerprint density at radius 3 is 2.74 bits per heavy atom. The molecule has 1 aromatic rings. The van der Waals surface area contributed by atoms with Crippen molar-refractivity contribution >= 4 is 5.96 Å². The van der Waals surface area contributed by atoms with E-state index in [9.17, 15) is 0 Å². The summed E-state index contributed by atoms with van der Waals surface area (Å²) in [5, 5.41) is 3.29. The van der Waals surface area contributed by atoms with Gasteiger partial charge in [-0.05, 0) is 25.0 Å². The fourth-order valence-corrected chi connectivity index (χ4v) is 1.88. The summed E-state index contributed by atoms with van der Waals surface area (Å²) in [4.78, 5) is 6.41. The summed E-state index contributed by atoms with van der Waals surface area (Å²) in [6.07, 6.45) is 0. The molecule has 0 saturated heterocycles. The van der Waals surface area contributed by atoms with Gasteiger partial charge in [-0.3, -0.25) is 4.99 Å². The molecule has 0 unspecified atom stereocenters. The minimum atomic E-state index is 0.702. The van der Waals surface area contributed by atoms with E-state index in [1.165, 1.54) is 11.1 Å². The van der Waals surface area contributed by atoms with Gasteiger partial charge in [0.1, 0.15) is 0 Å². The molecular weight excluding hydrogens is 238 g/mol. The van der Waals surface area contributed by atoms with Gasteiger partial charge in [0.25, 0.3) is 0 Å². The molecule has 1 rings (SSSR count). The Morgan fingerprint density at radius 1 is 1.37 bits per heavy atom. The van der Waals surface area contributed by atoms with Crippen LogP contribution in [0, 0.1) is 6.92 Å². The molecule has 0 fully saturated rings. The highest BCUT2D eigenvalue weighted by atomic mass is 16.5. The molecular formula is C15H25N3O. The van der Waals surface area contributed by atoms with E-state index >= 15 is 0 Å². The predicted octanol–water partition coefficient (Wildman–Crippen LogP) is 2.04. The van der Waals surface area contributed by atoms with Gasteiger partial charge < -0.3 is 15.0 Å². The van der Waals surface area contributed by atoms with E-state index in [0.717, 1.165) is 25.7 Å². The van der Waals surface area contributed by atoms with Gasteiger partial charge in [0, 0.05) is 33.8 Å². The maximum absolute atomic E-state index is 5.31. The quantitative estimate of drug-likeness (QED) is 0.485. The highest BCUT2D eigenvalue weighted by Gasteiger charge is 2.07. The number of benzene rings is 1. The van der Waals surface area contributed by atoms with Crippen molar-refractivity contribution in [3.05, 3.63) is 35.4 Å². The highest BCUT2D eigenvalue weighted by molar-refractivity contribution is 5.79. The van der Waals surface area contributed by atoms with Crippen molar-refractivity contribution in [2.24, 2.45) is 4.99 Å². The molecule has 0 bridgehead atoms. The molecule has 0 aliphatic heterocycles. The van der Waals surface area contributed by atoms with Gasteiger partial charge in [0.15, 0.2) is 5.96 Å². The van der Waals surface area contributed by atoms with Crippen LogP contribution in [-0.4, -0.2) is 44.7 Å². The number of rotatable bonds is 6. The molecule has 1 N–H and O–H groups in total. The SMILES string of the molecule is CCOCCNC(=NC)N(C)Cc1ccccc1C. The number of nitrogens with zero attached hydrogens (tertiary/aromatic N) is 2. The van der Waals surface area contributed by atoms with E-state index < -0.39 is 0 Å². The molecule has 0 saturated carbocycles. The largest absolute Gasteiger partial charge is 0.380 e. The molecule has 0 aliphatic carbocycles. The number of aliphatic imine (C=N–C) groups is 1. The molecule has 1 aromatic carbocycles. The van der Waals surface area contributed by atoms with Crippen LogP contribution in [0.4, 0.5) is 0 Å². The van der Waals surface area contributed by atoms with Gasteiger partial charge in [-0.15, -0.1) is 0 Å². The van der Waals surface area contributed by atoms with Crippen LogP contribution in [0.2, 0.25) is 0 Å². The zero-order chi connectivity index (χ0) is 14.1. The Balaban J connectivity index is 2.50. The maximum Gasteiger partial charge on any atom is 0.193 e. The standard InChI is InChI=1S/C15H25N3O/c1-5-19-11-10-17-15(16-3)18(4)12-14-9-7-6-8-13(14)2/h6-9H,5,10-12H2,1-4H3,(H,16,17). The fraction of sp³-hybridized carbons (Fsp3) is 0.533. The van der Waals surface area contributed by atoms with Crippen molar-refractivity contribution in [1.29, 1.82) is 0 Å². The third-order valence-corrected chi connectivity index (χ3v) is 2.98. The average molecular weight is 263 g/mol. The first kappa shape index (κ1) is 15.5. The van der Waals surface area contributed by atoms with Crippen molar-refractivity contribution in [3.63, 3.8) is 0 Å². The van der Waals surface area contributed by atoms with Crippen LogP contribution < -0.4 is 5.32 Å². The summed E-state index contributed by atoms with van der Waals surface area (Å²) >= 11 is 0. The van der Waals surface area contributed by atoms with E-state index in [-0.39, 0.29) is 0 Å². The lowest BCUT2D eigenvalue weighted by Gasteiger charge is -2.23. The monoisotopic (exact) mass is 263 g/mol.